The molecule has 10 heavy (non-hydrogen) atoms. The van der Waals surface area contributed by atoms with Crippen LogP contribution in [0.5, 0.6) is 0 Å². The van der Waals surface area contributed by atoms with E-state index in [-0.39, 0.29) is 12.1 Å². The van der Waals surface area contributed by atoms with Crippen LogP contribution in [0.2, 0.25) is 0 Å². The topological polar surface area (TPSA) is 38.3 Å². The molecule has 1 N–H and O–H groups in total. The summed E-state index contributed by atoms with van der Waals surface area (Å²) in [6, 6.07) is 0. The van der Waals surface area contributed by atoms with Crippen LogP contribution < -0.4 is 5.32 Å². The maximum absolute atomic E-state index is 10.5. The van der Waals surface area contributed by atoms with Crippen LogP contribution >= 0.6 is 0 Å². The van der Waals surface area contributed by atoms with Crippen molar-refractivity contribution in [3.8, 4) is 0 Å². The van der Waals surface area contributed by atoms with E-state index in [0.717, 1.165) is 25.9 Å². The summed E-state index contributed by atoms with van der Waals surface area (Å²) in [4.78, 5) is 10.5. The minimum atomic E-state index is -0.0220. The van der Waals surface area contributed by atoms with Gasteiger partial charge in [0, 0.05) is 13.5 Å². The highest BCUT2D eigenvalue weighted by Gasteiger charge is 2.13. The first-order valence-corrected chi connectivity index (χ1v) is 3.68. The van der Waals surface area contributed by atoms with Crippen molar-refractivity contribution in [2.24, 2.45) is 0 Å². The quantitative estimate of drug-likeness (QED) is 0.585. The van der Waals surface area contributed by atoms with E-state index in [4.69, 9.17) is 4.74 Å². The normalized spacial score (nSPS) is 25.9. The second-order valence-corrected chi connectivity index (χ2v) is 2.56. The zero-order valence-electron chi connectivity index (χ0n) is 6.22. The van der Waals surface area contributed by atoms with Crippen LogP contribution in [0.3, 0.4) is 0 Å². The standard InChI is InChI=1S/C7H13NO2/c1-6(9)8-7-4-2-3-5-10-7/h7H,2-5H2,1H3,(H,8,9). The molecule has 0 aromatic heterocycles. The van der Waals surface area contributed by atoms with Crippen molar-refractivity contribution < 1.29 is 9.53 Å². The summed E-state index contributed by atoms with van der Waals surface area (Å²) in [5, 5.41) is 2.72. The van der Waals surface area contributed by atoms with Crippen LogP contribution in [0.15, 0.2) is 0 Å². The molecule has 0 aromatic rings. The van der Waals surface area contributed by atoms with Gasteiger partial charge < -0.3 is 10.1 Å². The molecule has 58 valence electrons. The number of nitrogens with one attached hydrogen (secondary N) is 1. The molecule has 0 bridgehead atoms. The zero-order chi connectivity index (χ0) is 7.40. The van der Waals surface area contributed by atoms with Crippen molar-refractivity contribution in [1.29, 1.82) is 0 Å². The Morgan fingerprint density at radius 3 is 2.90 bits per heavy atom. The van der Waals surface area contributed by atoms with Gasteiger partial charge in [0.05, 0.1) is 0 Å². The SMILES string of the molecule is CC(=O)NC1CCCCO1. The molecule has 3 nitrogen and oxygen atoms in total. The van der Waals surface area contributed by atoms with Gasteiger partial charge in [0.15, 0.2) is 0 Å². The number of ether oxygens (including phenoxy) is 1. The molecule has 1 saturated heterocycles. The fourth-order valence-electron chi connectivity index (χ4n) is 1.08. The van der Waals surface area contributed by atoms with Crippen molar-refractivity contribution >= 4 is 5.91 Å². The lowest BCUT2D eigenvalue weighted by Crippen LogP contribution is -2.37. The number of hydrogen-bond donors (Lipinski definition) is 1. The van der Waals surface area contributed by atoms with E-state index < -0.39 is 0 Å². The summed E-state index contributed by atoms with van der Waals surface area (Å²) >= 11 is 0. The summed E-state index contributed by atoms with van der Waals surface area (Å²) in [5.74, 6) is -0.00750. The lowest BCUT2D eigenvalue weighted by Gasteiger charge is -2.22. The third kappa shape index (κ3) is 2.35. The summed E-state index contributed by atoms with van der Waals surface area (Å²) in [7, 11) is 0. The fraction of sp³-hybridized carbons (Fsp3) is 0.857. The molecule has 3 heteroatoms. The highest BCUT2D eigenvalue weighted by Crippen LogP contribution is 2.09. The third-order valence-corrected chi connectivity index (χ3v) is 1.54. The highest BCUT2D eigenvalue weighted by atomic mass is 16.5. The van der Waals surface area contributed by atoms with Gasteiger partial charge in [-0.1, -0.05) is 0 Å². The van der Waals surface area contributed by atoms with Crippen molar-refractivity contribution in [3.63, 3.8) is 0 Å². The summed E-state index contributed by atoms with van der Waals surface area (Å²) in [5.41, 5.74) is 0. The molecule has 0 aliphatic carbocycles. The van der Waals surface area contributed by atoms with E-state index in [1.54, 1.807) is 0 Å². The van der Waals surface area contributed by atoms with Crippen LogP contribution in [-0.2, 0) is 9.53 Å². The molecule has 0 aromatic carbocycles. The Hall–Kier alpha value is -0.570. The Morgan fingerprint density at radius 1 is 1.60 bits per heavy atom. The molecule has 1 amide bonds. The molecule has 1 aliphatic rings. The average molecular weight is 143 g/mol. The van der Waals surface area contributed by atoms with Crippen LogP contribution in [0.4, 0.5) is 0 Å². The molecule has 1 rings (SSSR count). The van der Waals surface area contributed by atoms with Gasteiger partial charge >= 0.3 is 0 Å². The Bertz CT molecular complexity index is 119. The number of hydrogen-bond acceptors (Lipinski definition) is 2. The fourth-order valence-corrected chi connectivity index (χ4v) is 1.08. The molecule has 0 spiro atoms. The molecule has 0 saturated carbocycles. The largest absolute Gasteiger partial charge is 0.359 e. The second kappa shape index (κ2) is 3.56. The van der Waals surface area contributed by atoms with Crippen molar-refractivity contribution in [2.45, 2.75) is 32.4 Å². The summed E-state index contributed by atoms with van der Waals surface area (Å²) < 4.78 is 5.26. The van der Waals surface area contributed by atoms with Crippen LogP contribution in [0.25, 0.3) is 0 Å². The van der Waals surface area contributed by atoms with Gasteiger partial charge in [-0.2, -0.15) is 0 Å². The molecule has 1 aliphatic heterocycles. The molecule has 1 fully saturated rings. The highest BCUT2D eigenvalue weighted by molar-refractivity contribution is 5.72. The lowest BCUT2D eigenvalue weighted by molar-refractivity contribution is -0.124. The minimum absolute atomic E-state index is 0.00750. The molecular weight excluding hydrogens is 130 g/mol. The van der Waals surface area contributed by atoms with Gasteiger partial charge in [0.25, 0.3) is 0 Å². The maximum atomic E-state index is 10.5. The van der Waals surface area contributed by atoms with Gasteiger partial charge in [0.1, 0.15) is 6.23 Å². The predicted octanol–water partition coefficient (Wildman–Crippen LogP) is 0.649. The van der Waals surface area contributed by atoms with E-state index in [9.17, 15) is 4.79 Å². The van der Waals surface area contributed by atoms with Crippen molar-refractivity contribution in [2.75, 3.05) is 6.61 Å². The first-order valence-electron chi connectivity index (χ1n) is 3.68. The van der Waals surface area contributed by atoms with Crippen LogP contribution in [-0.4, -0.2) is 18.7 Å². The van der Waals surface area contributed by atoms with Crippen molar-refractivity contribution in [1.82, 2.24) is 5.32 Å². The first-order chi connectivity index (χ1) is 4.79. The van der Waals surface area contributed by atoms with Gasteiger partial charge in [-0.3, -0.25) is 4.79 Å². The Morgan fingerprint density at radius 2 is 2.40 bits per heavy atom. The Kier molecular flexibility index (Phi) is 2.68. The minimum Gasteiger partial charge on any atom is -0.359 e. The first kappa shape index (κ1) is 7.54. The monoisotopic (exact) mass is 143 g/mol. The molecule has 0 radical (unpaired) electrons. The molecular formula is C7H13NO2. The third-order valence-electron chi connectivity index (χ3n) is 1.54. The van der Waals surface area contributed by atoms with Crippen LogP contribution in [0.1, 0.15) is 26.2 Å². The smallest absolute Gasteiger partial charge is 0.218 e. The van der Waals surface area contributed by atoms with Gasteiger partial charge in [-0.25, -0.2) is 0 Å². The summed E-state index contributed by atoms with van der Waals surface area (Å²) in [6.07, 6.45) is 3.21. The number of carbonyl (C=O) groups is 1. The van der Waals surface area contributed by atoms with Crippen LogP contribution in [0, 0.1) is 0 Å². The number of rotatable bonds is 1. The van der Waals surface area contributed by atoms with Gasteiger partial charge in [-0.05, 0) is 19.3 Å². The van der Waals surface area contributed by atoms with E-state index in [0.29, 0.717) is 0 Å². The van der Waals surface area contributed by atoms with Gasteiger partial charge in [0.2, 0.25) is 5.91 Å². The van der Waals surface area contributed by atoms with E-state index >= 15 is 0 Å². The maximum Gasteiger partial charge on any atom is 0.218 e. The molecule has 1 unspecified atom stereocenters. The predicted molar refractivity (Wildman–Crippen MR) is 37.4 cm³/mol. The number of amides is 1. The zero-order valence-corrected chi connectivity index (χ0v) is 6.22. The van der Waals surface area contributed by atoms with E-state index in [1.165, 1.54) is 6.92 Å². The van der Waals surface area contributed by atoms with E-state index in [1.807, 2.05) is 0 Å². The second-order valence-electron chi connectivity index (χ2n) is 2.56. The summed E-state index contributed by atoms with van der Waals surface area (Å²) in [6.45, 7) is 2.29. The Balaban J connectivity index is 2.19. The van der Waals surface area contributed by atoms with Crippen molar-refractivity contribution in [3.05, 3.63) is 0 Å². The molecule has 1 heterocycles. The molecule has 1 atom stereocenters. The Labute approximate surface area is 60.7 Å². The lowest BCUT2D eigenvalue weighted by atomic mass is 10.2. The average Bonchev–Trinajstić information content (AvgIpc) is 1.88. The van der Waals surface area contributed by atoms with E-state index in [2.05, 4.69) is 5.32 Å². The van der Waals surface area contributed by atoms with Gasteiger partial charge in [-0.15, -0.1) is 0 Å². The number of carbonyl (C=O) groups excluding carboxylic acids is 1.